The molecule has 0 saturated carbocycles. The second kappa shape index (κ2) is 10.5. The Bertz CT molecular complexity index is 1250. The lowest BCUT2D eigenvalue weighted by Crippen LogP contribution is -2.35. The van der Waals surface area contributed by atoms with Crippen molar-refractivity contribution >= 4 is 34.8 Å². The first-order valence-corrected chi connectivity index (χ1v) is 11.0. The second-order valence-electron chi connectivity index (χ2n) is 7.86. The molecule has 0 fully saturated rings. The maximum Gasteiger partial charge on any atom is 0.306 e. The van der Waals surface area contributed by atoms with E-state index in [-0.39, 0.29) is 19.4 Å². The summed E-state index contributed by atoms with van der Waals surface area (Å²) in [6.07, 6.45) is 0.698. The van der Waals surface area contributed by atoms with Crippen molar-refractivity contribution in [2.45, 2.75) is 47.0 Å². The predicted molar refractivity (Wildman–Crippen MR) is 125 cm³/mol. The van der Waals surface area contributed by atoms with Crippen molar-refractivity contribution in [1.29, 1.82) is 5.26 Å². The van der Waals surface area contributed by atoms with Gasteiger partial charge in [-0.2, -0.15) is 10.4 Å². The van der Waals surface area contributed by atoms with Crippen molar-refractivity contribution in [2.24, 2.45) is 0 Å². The summed E-state index contributed by atoms with van der Waals surface area (Å²) in [7, 11) is 0. The van der Waals surface area contributed by atoms with Gasteiger partial charge in [-0.3, -0.25) is 9.59 Å². The van der Waals surface area contributed by atoms with Crippen LogP contribution in [-0.2, 0) is 20.7 Å². The summed E-state index contributed by atoms with van der Waals surface area (Å²) in [5.41, 5.74) is 5.75. The van der Waals surface area contributed by atoms with Gasteiger partial charge in [0.2, 0.25) is 0 Å². The van der Waals surface area contributed by atoms with E-state index in [2.05, 4.69) is 10.1 Å². The molecule has 0 bridgehead atoms. The molecule has 9 heteroatoms. The normalized spacial score (nSPS) is 10.8. The molecule has 0 radical (unpaired) electrons. The number of amides is 1. The van der Waals surface area contributed by atoms with E-state index in [0.717, 1.165) is 33.9 Å². The van der Waals surface area contributed by atoms with Crippen LogP contribution in [0.1, 0.15) is 41.1 Å². The van der Waals surface area contributed by atoms with Crippen molar-refractivity contribution in [2.75, 3.05) is 18.1 Å². The standard InChI is InChI=1S/C24H26ClN5O3/c1-15-12-19(6-8-21(15)25)29(11-5-10-26)23(31)14-33-24(32)9-7-20-17(3)27-22-13-16(2)28-30(22)18(20)4/h6,8,12-13H,5,7,9,11,14H2,1-4H3. The van der Waals surface area contributed by atoms with Crippen LogP contribution in [0, 0.1) is 39.0 Å². The van der Waals surface area contributed by atoms with Crippen LogP contribution in [0.2, 0.25) is 5.02 Å². The summed E-state index contributed by atoms with van der Waals surface area (Å²) in [5, 5.41) is 14.0. The van der Waals surface area contributed by atoms with E-state index in [1.807, 2.05) is 39.8 Å². The minimum atomic E-state index is -0.480. The SMILES string of the molecule is Cc1cc2nc(C)c(CCC(=O)OCC(=O)N(CCC#N)c3ccc(Cl)c(C)c3)c(C)n2n1. The van der Waals surface area contributed by atoms with Gasteiger partial charge < -0.3 is 9.64 Å². The van der Waals surface area contributed by atoms with Gasteiger partial charge in [-0.25, -0.2) is 9.50 Å². The Morgan fingerprint density at radius 1 is 1.21 bits per heavy atom. The maximum atomic E-state index is 12.8. The first kappa shape index (κ1) is 24.2. The van der Waals surface area contributed by atoms with E-state index in [0.29, 0.717) is 17.1 Å². The quantitative estimate of drug-likeness (QED) is 0.463. The number of carbonyl (C=O) groups is 2. The highest BCUT2D eigenvalue weighted by molar-refractivity contribution is 6.31. The van der Waals surface area contributed by atoms with E-state index in [1.165, 1.54) is 4.90 Å². The summed E-state index contributed by atoms with van der Waals surface area (Å²) in [4.78, 5) is 31.1. The van der Waals surface area contributed by atoms with Crippen LogP contribution in [0.3, 0.4) is 0 Å². The van der Waals surface area contributed by atoms with Gasteiger partial charge in [0.05, 0.1) is 18.2 Å². The van der Waals surface area contributed by atoms with Crippen LogP contribution in [0.25, 0.3) is 5.65 Å². The van der Waals surface area contributed by atoms with Gasteiger partial charge >= 0.3 is 5.97 Å². The number of anilines is 1. The molecule has 0 saturated heterocycles. The molecule has 3 aromatic rings. The Morgan fingerprint density at radius 2 is 1.97 bits per heavy atom. The number of aromatic nitrogens is 3. The predicted octanol–water partition coefficient (Wildman–Crippen LogP) is 4.04. The molecule has 1 aromatic carbocycles. The molecule has 172 valence electrons. The third-order valence-corrected chi connectivity index (χ3v) is 5.85. The first-order chi connectivity index (χ1) is 15.7. The van der Waals surface area contributed by atoms with Crippen LogP contribution >= 0.6 is 11.6 Å². The molecule has 8 nitrogen and oxygen atoms in total. The number of aryl methyl sites for hydroxylation is 4. The number of fused-ring (bicyclic) bond motifs is 1. The van der Waals surface area contributed by atoms with Gasteiger partial charge in [-0.1, -0.05) is 11.6 Å². The van der Waals surface area contributed by atoms with Gasteiger partial charge in [-0.15, -0.1) is 0 Å². The molecular weight excluding hydrogens is 442 g/mol. The summed E-state index contributed by atoms with van der Waals surface area (Å²) in [6, 6.07) is 9.11. The molecule has 0 N–H and O–H groups in total. The fraction of sp³-hybridized carbons (Fsp3) is 0.375. The minimum Gasteiger partial charge on any atom is -0.456 e. The molecule has 33 heavy (non-hydrogen) atoms. The van der Waals surface area contributed by atoms with Crippen LogP contribution in [0.5, 0.6) is 0 Å². The molecule has 0 atom stereocenters. The molecule has 0 aliphatic carbocycles. The zero-order valence-electron chi connectivity index (χ0n) is 19.2. The fourth-order valence-electron chi connectivity index (χ4n) is 3.68. The average Bonchev–Trinajstić information content (AvgIpc) is 3.15. The van der Waals surface area contributed by atoms with Gasteiger partial charge in [-0.05, 0) is 63.4 Å². The maximum absolute atomic E-state index is 12.8. The van der Waals surface area contributed by atoms with Crippen LogP contribution in [0.15, 0.2) is 24.3 Å². The number of rotatable bonds is 8. The molecule has 1 amide bonds. The van der Waals surface area contributed by atoms with E-state index in [1.54, 1.807) is 22.7 Å². The monoisotopic (exact) mass is 467 g/mol. The number of nitriles is 1. The van der Waals surface area contributed by atoms with Crippen LogP contribution in [-0.4, -0.2) is 39.6 Å². The van der Waals surface area contributed by atoms with Crippen molar-refractivity contribution in [3.63, 3.8) is 0 Å². The average molecular weight is 468 g/mol. The summed E-state index contributed by atoms with van der Waals surface area (Å²) < 4.78 is 7.02. The molecule has 0 aliphatic heterocycles. The summed E-state index contributed by atoms with van der Waals surface area (Å²) >= 11 is 6.08. The van der Waals surface area contributed by atoms with Crippen molar-refractivity contribution in [1.82, 2.24) is 14.6 Å². The van der Waals surface area contributed by atoms with Gasteiger partial charge in [0, 0.05) is 41.1 Å². The van der Waals surface area contributed by atoms with E-state index >= 15 is 0 Å². The molecule has 3 rings (SSSR count). The van der Waals surface area contributed by atoms with E-state index < -0.39 is 18.5 Å². The molecular formula is C24H26ClN5O3. The lowest BCUT2D eigenvalue weighted by molar-refractivity contribution is -0.147. The van der Waals surface area contributed by atoms with Crippen LogP contribution in [0.4, 0.5) is 5.69 Å². The molecule has 2 heterocycles. The zero-order chi connectivity index (χ0) is 24.1. The number of carbonyl (C=O) groups excluding carboxylic acids is 2. The lowest BCUT2D eigenvalue weighted by atomic mass is 10.1. The Hall–Kier alpha value is -3.44. The number of hydrogen-bond donors (Lipinski definition) is 0. The highest BCUT2D eigenvalue weighted by Crippen LogP contribution is 2.23. The molecule has 0 spiro atoms. The smallest absolute Gasteiger partial charge is 0.306 e. The number of nitrogens with zero attached hydrogens (tertiary/aromatic N) is 5. The number of benzene rings is 1. The fourth-order valence-corrected chi connectivity index (χ4v) is 3.80. The second-order valence-corrected chi connectivity index (χ2v) is 8.27. The van der Waals surface area contributed by atoms with Gasteiger partial charge in [0.1, 0.15) is 0 Å². The van der Waals surface area contributed by atoms with Crippen molar-refractivity contribution in [3.8, 4) is 6.07 Å². The summed E-state index contributed by atoms with van der Waals surface area (Å²) in [6.45, 7) is 7.38. The molecule has 0 unspecified atom stereocenters. The summed E-state index contributed by atoms with van der Waals surface area (Å²) in [5.74, 6) is -0.880. The van der Waals surface area contributed by atoms with Gasteiger partial charge in [0.25, 0.3) is 5.91 Å². The van der Waals surface area contributed by atoms with E-state index in [9.17, 15) is 9.59 Å². The zero-order valence-corrected chi connectivity index (χ0v) is 19.9. The first-order valence-electron chi connectivity index (χ1n) is 10.6. The number of halogens is 1. The number of esters is 1. The number of ether oxygens (including phenoxy) is 1. The topological polar surface area (TPSA) is 101 Å². The molecule has 0 aliphatic rings. The number of hydrogen-bond acceptors (Lipinski definition) is 6. The molecule has 2 aromatic heterocycles. The third-order valence-electron chi connectivity index (χ3n) is 5.42. The largest absolute Gasteiger partial charge is 0.456 e. The Morgan fingerprint density at radius 3 is 2.67 bits per heavy atom. The minimum absolute atomic E-state index is 0.112. The Labute approximate surface area is 197 Å². The van der Waals surface area contributed by atoms with Crippen molar-refractivity contribution in [3.05, 3.63) is 57.5 Å². The lowest BCUT2D eigenvalue weighted by Gasteiger charge is -2.22. The highest BCUT2D eigenvalue weighted by atomic mass is 35.5. The van der Waals surface area contributed by atoms with Crippen molar-refractivity contribution < 1.29 is 14.3 Å². The van der Waals surface area contributed by atoms with Crippen LogP contribution < -0.4 is 4.90 Å². The van der Waals surface area contributed by atoms with Gasteiger partial charge in [0.15, 0.2) is 12.3 Å². The third kappa shape index (κ3) is 5.68. The Kier molecular flexibility index (Phi) is 7.67. The van der Waals surface area contributed by atoms with E-state index in [4.69, 9.17) is 21.6 Å². The highest BCUT2D eigenvalue weighted by Gasteiger charge is 2.19. The Balaban J connectivity index is 1.63.